The van der Waals surface area contributed by atoms with Gasteiger partial charge in [0.1, 0.15) is 5.82 Å². The highest BCUT2D eigenvalue weighted by Gasteiger charge is 2.28. The van der Waals surface area contributed by atoms with Gasteiger partial charge in [0.15, 0.2) is 0 Å². The molecule has 1 atom stereocenters. The highest BCUT2D eigenvalue weighted by Crippen LogP contribution is 2.26. The third kappa shape index (κ3) is 4.81. The number of piperazine rings is 1. The molecule has 0 N–H and O–H groups in total. The average Bonchev–Trinajstić information content (AvgIpc) is 2.89. The van der Waals surface area contributed by atoms with Crippen LogP contribution in [0, 0.1) is 0 Å². The number of para-hydroxylation sites is 1. The molecule has 2 heterocycles. The molecule has 1 aliphatic heterocycles. The van der Waals surface area contributed by atoms with Gasteiger partial charge in [0, 0.05) is 32.7 Å². The zero-order chi connectivity index (χ0) is 23.3. The molecule has 0 saturated carbocycles. The number of aromatic nitrogens is 2. The van der Waals surface area contributed by atoms with Gasteiger partial charge in [0.05, 0.1) is 23.5 Å². The number of nitrogens with zero attached hydrogens (tertiary/aromatic N) is 4. The molecule has 4 aromatic rings. The van der Waals surface area contributed by atoms with Crippen LogP contribution in [0.5, 0.6) is 0 Å². The molecule has 174 valence electrons. The summed E-state index contributed by atoms with van der Waals surface area (Å²) < 4.78 is 1.90. The summed E-state index contributed by atoms with van der Waals surface area (Å²) in [6.07, 6.45) is 0.915. The largest absolute Gasteiger partial charge is 0.297 e. The second-order valence-corrected chi connectivity index (χ2v) is 9.09. The summed E-state index contributed by atoms with van der Waals surface area (Å²) in [5.41, 5.74) is 3.31. The van der Waals surface area contributed by atoms with E-state index in [2.05, 4.69) is 59.2 Å². The van der Waals surface area contributed by atoms with E-state index in [1.807, 2.05) is 47.0 Å². The topological polar surface area (TPSA) is 41.4 Å². The van der Waals surface area contributed by atoms with Crippen LogP contribution in [0.1, 0.15) is 36.3 Å². The average molecular weight is 453 g/mol. The second-order valence-electron chi connectivity index (χ2n) is 9.09. The predicted octanol–water partition coefficient (Wildman–Crippen LogP) is 4.71. The van der Waals surface area contributed by atoms with Crippen molar-refractivity contribution in [1.82, 2.24) is 19.4 Å². The van der Waals surface area contributed by atoms with Crippen molar-refractivity contribution in [2.24, 2.45) is 0 Å². The van der Waals surface area contributed by atoms with Gasteiger partial charge in [0.2, 0.25) is 0 Å². The van der Waals surface area contributed by atoms with E-state index in [0.29, 0.717) is 11.9 Å². The SMILES string of the molecule is CCC(c1nc2ccccc2c(=O)n1Cc1ccccc1)N1CCN(Cc2ccccc2)CC1. The third-order valence-corrected chi connectivity index (χ3v) is 6.86. The van der Waals surface area contributed by atoms with E-state index in [0.717, 1.165) is 56.0 Å². The summed E-state index contributed by atoms with van der Waals surface area (Å²) in [5.74, 6) is 0.881. The first kappa shape index (κ1) is 22.5. The van der Waals surface area contributed by atoms with Crippen LogP contribution in [0.3, 0.4) is 0 Å². The summed E-state index contributed by atoms with van der Waals surface area (Å²) in [7, 11) is 0. The number of fused-ring (bicyclic) bond motifs is 1. The molecule has 1 fully saturated rings. The number of hydrogen-bond donors (Lipinski definition) is 0. The Labute approximate surface area is 201 Å². The number of rotatable bonds is 7. The van der Waals surface area contributed by atoms with Crippen molar-refractivity contribution in [2.75, 3.05) is 26.2 Å². The lowest BCUT2D eigenvalue weighted by Gasteiger charge is -2.39. The maximum atomic E-state index is 13.6. The van der Waals surface area contributed by atoms with Gasteiger partial charge in [-0.2, -0.15) is 0 Å². The lowest BCUT2D eigenvalue weighted by molar-refractivity contribution is 0.0844. The lowest BCUT2D eigenvalue weighted by atomic mass is 10.1. The molecule has 1 aliphatic rings. The fraction of sp³-hybridized carbons (Fsp3) is 0.310. The van der Waals surface area contributed by atoms with Gasteiger partial charge < -0.3 is 0 Å². The van der Waals surface area contributed by atoms with Crippen molar-refractivity contribution in [2.45, 2.75) is 32.5 Å². The molecule has 5 rings (SSSR count). The van der Waals surface area contributed by atoms with Crippen LogP contribution in [-0.2, 0) is 13.1 Å². The molecule has 1 unspecified atom stereocenters. The molecular formula is C29H32N4O. The second kappa shape index (κ2) is 10.3. The van der Waals surface area contributed by atoms with E-state index in [9.17, 15) is 4.79 Å². The van der Waals surface area contributed by atoms with Crippen molar-refractivity contribution in [1.29, 1.82) is 0 Å². The highest BCUT2D eigenvalue weighted by atomic mass is 16.1. The maximum Gasteiger partial charge on any atom is 0.261 e. The Bertz CT molecular complexity index is 1280. The molecule has 5 heteroatoms. The van der Waals surface area contributed by atoms with Crippen molar-refractivity contribution in [3.63, 3.8) is 0 Å². The monoisotopic (exact) mass is 452 g/mol. The van der Waals surface area contributed by atoms with E-state index in [-0.39, 0.29) is 11.6 Å². The Morgan fingerprint density at radius 2 is 1.35 bits per heavy atom. The van der Waals surface area contributed by atoms with E-state index >= 15 is 0 Å². The number of hydrogen-bond acceptors (Lipinski definition) is 4. The smallest absolute Gasteiger partial charge is 0.261 e. The Kier molecular flexibility index (Phi) is 6.84. The first-order chi connectivity index (χ1) is 16.7. The van der Waals surface area contributed by atoms with Crippen LogP contribution >= 0.6 is 0 Å². The van der Waals surface area contributed by atoms with Gasteiger partial charge in [0.25, 0.3) is 5.56 Å². The van der Waals surface area contributed by atoms with Crippen LogP contribution in [-0.4, -0.2) is 45.5 Å². The molecular weight excluding hydrogens is 420 g/mol. The Morgan fingerprint density at radius 3 is 2.00 bits per heavy atom. The summed E-state index contributed by atoms with van der Waals surface area (Å²) in [6.45, 7) is 7.70. The van der Waals surface area contributed by atoms with Gasteiger partial charge in [-0.25, -0.2) is 4.98 Å². The first-order valence-corrected chi connectivity index (χ1v) is 12.3. The quantitative estimate of drug-likeness (QED) is 0.407. The molecule has 34 heavy (non-hydrogen) atoms. The maximum absolute atomic E-state index is 13.6. The fourth-order valence-electron chi connectivity index (χ4n) is 5.04. The Morgan fingerprint density at radius 1 is 0.765 bits per heavy atom. The lowest BCUT2D eigenvalue weighted by Crippen LogP contribution is -2.48. The van der Waals surface area contributed by atoms with Crippen LogP contribution < -0.4 is 5.56 Å². The summed E-state index contributed by atoms with van der Waals surface area (Å²) in [6, 6.07) is 28.7. The molecule has 0 amide bonds. The number of benzene rings is 3. The summed E-state index contributed by atoms with van der Waals surface area (Å²) in [5, 5.41) is 0.685. The van der Waals surface area contributed by atoms with Crippen LogP contribution in [0.4, 0.5) is 0 Å². The van der Waals surface area contributed by atoms with Gasteiger partial charge in [-0.3, -0.25) is 19.2 Å². The van der Waals surface area contributed by atoms with Crippen LogP contribution in [0.15, 0.2) is 89.7 Å². The molecule has 1 saturated heterocycles. The van der Waals surface area contributed by atoms with Gasteiger partial charge in [-0.15, -0.1) is 0 Å². The van der Waals surface area contributed by atoms with Crippen molar-refractivity contribution >= 4 is 10.9 Å². The normalized spacial score (nSPS) is 16.0. The fourth-order valence-corrected chi connectivity index (χ4v) is 5.04. The van der Waals surface area contributed by atoms with Crippen molar-refractivity contribution in [3.8, 4) is 0 Å². The zero-order valence-electron chi connectivity index (χ0n) is 19.8. The molecule has 0 bridgehead atoms. The van der Waals surface area contributed by atoms with E-state index < -0.39 is 0 Å². The Hall–Kier alpha value is -3.28. The van der Waals surface area contributed by atoms with Gasteiger partial charge in [-0.05, 0) is 29.7 Å². The summed E-state index contributed by atoms with van der Waals surface area (Å²) >= 11 is 0. The third-order valence-electron chi connectivity index (χ3n) is 6.86. The molecule has 0 radical (unpaired) electrons. The predicted molar refractivity (Wildman–Crippen MR) is 138 cm³/mol. The van der Waals surface area contributed by atoms with E-state index in [1.54, 1.807) is 0 Å². The van der Waals surface area contributed by atoms with Gasteiger partial charge in [-0.1, -0.05) is 79.7 Å². The molecule has 0 aliphatic carbocycles. The van der Waals surface area contributed by atoms with E-state index in [1.165, 1.54) is 5.56 Å². The zero-order valence-corrected chi connectivity index (χ0v) is 19.8. The molecule has 5 nitrogen and oxygen atoms in total. The molecule has 0 spiro atoms. The molecule has 3 aromatic carbocycles. The Balaban J connectivity index is 1.43. The van der Waals surface area contributed by atoms with Crippen molar-refractivity contribution in [3.05, 3.63) is 112 Å². The first-order valence-electron chi connectivity index (χ1n) is 12.3. The minimum Gasteiger partial charge on any atom is -0.297 e. The highest BCUT2D eigenvalue weighted by molar-refractivity contribution is 5.77. The van der Waals surface area contributed by atoms with Gasteiger partial charge >= 0.3 is 0 Å². The minimum atomic E-state index is 0.0469. The van der Waals surface area contributed by atoms with E-state index in [4.69, 9.17) is 4.98 Å². The van der Waals surface area contributed by atoms with Crippen molar-refractivity contribution < 1.29 is 0 Å². The van der Waals surface area contributed by atoms with Crippen LogP contribution in [0.25, 0.3) is 10.9 Å². The molecule has 1 aromatic heterocycles. The minimum absolute atomic E-state index is 0.0469. The van der Waals surface area contributed by atoms with Crippen LogP contribution in [0.2, 0.25) is 0 Å². The summed E-state index contributed by atoms with van der Waals surface area (Å²) in [4.78, 5) is 23.7. The standard InChI is InChI=1S/C29H32N4O/c1-2-27(32-19-17-31(18-20-32)21-23-11-5-3-6-12-23)28-30-26-16-10-9-15-25(26)29(34)33(28)22-24-13-7-4-8-14-24/h3-16,27H,2,17-22H2,1H3.